The van der Waals surface area contributed by atoms with Gasteiger partial charge in [-0.2, -0.15) is 0 Å². The van der Waals surface area contributed by atoms with E-state index >= 15 is 0 Å². The minimum Gasteiger partial charge on any atom is -0.396 e. The molecule has 0 amide bonds. The molecule has 1 aromatic heterocycles. The predicted octanol–water partition coefficient (Wildman–Crippen LogP) is -0.695. The van der Waals surface area contributed by atoms with Gasteiger partial charge in [0.05, 0.1) is 0 Å². The molecule has 0 aromatic carbocycles. The van der Waals surface area contributed by atoms with E-state index in [-0.39, 0.29) is 23.7 Å². The lowest BCUT2D eigenvalue weighted by atomic mass is 10.2. The van der Waals surface area contributed by atoms with Gasteiger partial charge in [0.15, 0.2) is 0 Å². The molecular formula is C8H13N3O3S. The number of hydrogen-bond acceptors (Lipinski definition) is 5. The Labute approximate surface area is 88.2 Å². The molecule has 0 radical (unpaired) electrons. The molecule has 1 heterocycles. The summed E-state index contributed by atoms with van der Waals surface area (Å²) in [6.45, 7) is -0.143. The highest BCUT2D eigenvalue weighted by molar-refractivity contribution is 7.89. The van der Waals surface area contributed by atoms with Crippen molar-refractivity contribution in [2.75, 3.05) is 19.0 Å². The van der Waals surface area contributed by atoms with Gasteiger partial charge in [0.1, 0.15) is 10.7 Å². The predicted molar refractivity (Wildman–Crippen MR) is 55.9 cm³/mol. The molecule has 0 aliphatic carbocycles. The maximum absolute atomic E-state index is 11.3. The topological polar surface area (TPSA) is 105 Å². The average Bonchev–Trinajstić information content (AvgIpc) is 2.16. The monoisotopic (exact) mass is 231 g/mol. The second-order valence-corrected chi connectivity index (χ2v) is 4.41. The Hall–Kier alpha value is -1.18. The van der Waals surface area contributed by atoms with Crippen molar-refractivity contribution in [1.82, 2.24) is 4.98 Å². The van der Waals surface area contributed by atoms with E-state index in [1.807, 2.05) is 0 Å². The lowest BCUT2D eigenvalue weighted by Crippen LogP contribution is -2.18. The highest BCUT2D eigenvalue weighted by Gasteiger charge is 2.18. The van der Waals surface area contributed by atoms with Crippen LogP contribution < -0.4 is 10.5 Å². The smallest absolute Gasteiger partial charge is 0.241 e. The van der Waals surface area contributed by atoms with Crippen LogP contribution >= 0.6 is 0 Å². The number of aliphatic hydroxyl groups excluding tert-OH is 1. The van der Waals surface area contributed by atoms with Gasteiger partial charge in [-0.05, 0) is 18.1 Å². The van der Waals surface area contributed by atoms with Crippen LogP contribution in [0.15, 0.2) is 17.2 Å². The van der Waals surface area contributed by atoms with Crippen molar-refractivity contribution in [3.63, 3.8) is 0 Å². The molecular weight excluding hydrogens is 218 g/mol. The van der Waals surface area contributed by atoms with E-state index in [4.69, 9.17) is 10.2 Å². The molecule has 1 aromatic rings. The van der Waals surface area contributed by atoms with Gasteiger partial charge in [-0.1, -0.05) is 0 Å². The first-order chi connectivity index (χ1) is 7.00. The Kier molecular flexibility index (Phi) is 3.61. The van der Waals surface area contributed by atoms with E-state index in [1.165, 1.54) is 12.3 Å². The van der Waals surface area contributed by atoms with Crippen LogP contribution in [0.1, 0.15) is 5.56 Å². The highest BCUT2D eigenvalue weighted by atomic mass is 32.2. The van der Waals surface area contributed by atoms with Crippen molar-refractivity contribution < 1.29 is 13.5 Å². The Morgan fingerprint density at radius 1 is 1.60 bits per heavy atom. The summed E-state index contributed by atoms with van der Waals surface area (Å²) in [5.41, 5.74) is 0.458. The van der Waals surface area contributed by atoms with Gasteiger partial charge >= 0.3 is 0 Å². The van der Waals surface area contributed by atoms with E-state index in [0.717, 1.165) is 0 Å². The standard InChI is InChI=1S/C8H13N3O3S/c1-10-8-7(15(9,13)14)6(3-5-12)2-4-11-8/h2,4,12H,3,5H2,1H3,(H,10,11)(H2,9,13,14). The zero-order valence-electron chi connectivity index (χ0n) is 8.27. The molecule has 6 nitrogen and oxygen atoms in total. The molecule has 84 valence electrons. The van der Waals surface area contributed by atoms with E-state index in [1.54, 1.807) is 7.05 Å². The fourth-order valence-corrected chi connectivity index (χ4v) is 2.26. The summed E-state index contributed by atoms with van der Waals surface area (Å²) in [5.74, 6) is 0.198. The van der Waals surface area contributed by atoms with Crippen LogP contribution in [0.4, 0.5) is 5.82 Å². The number of aromatic nitrogens is 1. The van der Waals surface area contributed by atoms with Gasteiger partial charge < -0.3 is 10.4 Å². The quantitative estimate of drug-likeness (QED) is 0.635. The molecule has 0 fully saturated rings. The molecule has 0 saturated heterocycles. The molecule has 1 rings (SSSR count). The fraction of sp³-hybridized carbons (Fsp3) is 0.375. The maximum Gasteiger partial charge on any atom is 0.241 e. The third kappa shape index (κ3) is 2.65. The number of hydrogen-bond donors (Lipinski definition) is 3. The number of anilines is 1. The van der Waals surface area contributed by atoms with E-state index < -0.39 is 10.0 Å². The minimum absolute atomic E-state index is 0.0541. The Balaban J connectivity index is 3.41. The first-order valence-corrected chi connectivity index (χ1v) is 5.84. The second kappa shape index (κ2) is 4.56. The number of nitrogens with one attached hydrogen (secondary N) is 1. The number of aliphatic hydroxyl groups is 1. The van der Waals surface area contributed by atoms with Crippen molar-refractivity contribution in [3.8, 4) is 0 Å². The summed E-state index contributed by atoms with van der Waals surface area (Å²) in [7, 11) is -2.28. The molecule has 4 N–H and O–H groups in total. The zero-order valence-corrected chi connectivity index (χ0v) is 9.08. The SMILES string of the molecule is CNc1nccc(CCO)c1S(N)(=O)=O. The van der Waals surface area contributed by atoms with E-state index in [9.17, 15) is 8.42 Å². The first-order valence-electron chi connectivity index (χ1n) is 4.30. The van der Waals surface area contributed by atoms with Gasteiger partial charge in [-0.25, -0.2) is 18.5 Å². The fourth-order valence-electron chi connectivity index (χ4n) is 1.30. The summed E-state index contributed by atoms with van der Waals surface area (Å²) >= 11 is 0. The zero-order chi connectivity index (χ0) is 11.5. The molecule has 0 unspecified atom stereocenters. The van der Waals surface area contributed by atoms with Gasteiger partial charge in [-0.15, -0.1) is 0 Å². The summed E-state index contributed by atoms with van der Waals surface area (Å²) in [4.78, 5) is 3.80. The van der Waals surface area contributed by atoms with E-state index in [2.05, 4.69) is 10.3 Å². The van der Waals surface area contributed by atoms with Crippen LogP contribution in [0.25, 0.3) is 0 Å². The third-order valence-corrected chi connectivity index (χ3v) is 2.91. The number of nitrogens with zero attached hydrogens (tertiary/aromatic N) is 1. The molecule has 15 heavy (non-hydrogen) atoms. The van der Waals surface area contributed by atoms with Gasteiger partial charge in [0, 0.05) is 19.9 Å². The lowest BCUT2D eigenvalue weighted by Gasteiger charge is -2.10. The van der Waals surface area contributed by atoms with Gasteiger partial charge in [-0.3, -0.25) is 0 Å². The molecule has 0 aliphatic rings. The van der Waals surface area contributed by atoms with Crippen molar-refractivity contribution in [2.24, 2.45) is 5.14 Å². The number of nitrogens with two attached hydrogens (primary N) is 1. The Morgan fingerprint density at radius 3 is 2.73 bits per heavy atom. The normalized spacial score (nSPS) is 11.4. The summed E-state index contributed by atoms with van der Waals surface area (Å²) < 4.78 is 22.6. The number of rotatable bonds is 4. The molecule has 0 atom stereocenters. The van der Waals surface area contributed by atoms with Crippen molar-refractivity contribution in [2.45, 2.75) is 11.3 Å². The highest BCUT2D eigenvalue weighted by Crippen LogP contribution is 2.21. The van der Waals surface area contributed by atoms with Crippen LogP contribution in [0.5, 0.6) is 0 Å². The number of sulfonamides is 1. The minimum atomic E-state index is -3.83. The first kappa shape index (κ1) is 11.9. The van der Waals surface area contributed by atoms with Crippen LogP contribution in [0, 0.1) is 0 Å². The number of primary sulfonamides is 1. The van der Waals surface area contributed by atoms with Crippen molar-refractivity contribution in [1.29, 1.82) is 0 Å². The van der Waals surface area contributed by atoms with Gasteiger partial charge in [0.25, 0.3) is 0 Å². The lowest BCUT2D eigenvalue weighted by molar-refractivity contribution is 0.298. The van der Waals surface area contributed by atoms with Crippen molar-refractivity contribution >= 4 is 15.8 Å². The summed E-state index contributed by atoms with van der Waals surface area (Å²) in [6.07, 6.45) is 1.69. The van der Waals surface area contributed by atoms with Crippen LogP contribution in [-0.2, 0) is 16.4 Å². The maximum atomic E-state index is 11.3. The molecule has 0 bridgehead atoms. The summed E-state index contributed by atoms with van der Waals surface area (Å²) in [6, 6.07) is 1.52. The van der Waals surface area contributed by atoms with E-state index in [0.29, 0.717) is 5.56 Å². The average molecular weight is 231 g/mol. The Bertz CT molecular complexity index is 444. The third-order valence-electron chi connectivity index (χ3n) is 1.89. The second-order valence-electron chi connectivity index (χ2n) is 2.92. The largest absolute Gasteiger partial charge is 0.396 e. The molecule has 0 spiro atoms. The molecule has 0 aliphatic heterocycles. The van der Waals surface area contributed by atoms with Crippen molar-refractivity contribution in [3.05, 3.63) is 17.8 Å². The summed E-state index contributed by atoms with van der Waals surface area (Å²) in [5, 5.41) is 16.5. The molecule has 0 saturated carbocycles. The van der Waals surface area contributed by atoms with Crippen LogP contribution in [-0.4, -0.2) is 32.2 Å². The molecule has 7 heteroatoms. The number of pyridine rings is 1. The van der Waals surface area contributed by atoms with Gasteiger partial charge in [0.2, 0.25) is 10.0 Å². The Morgan fingerprint density at radius 2 is 2.27 bits per heavy atom. The van der Waals surface area contributed by atoms with Crippen LogP contribution in [0.3, 0.4) is 0 Å². The van der Waals surface area contributed by atoms with Crippen LogP contribution in [0.2, 0.25) is 0 Å².